The second-order valence-electron chi connectivity index (χ2n) is 6.34. The van der Waals surface area contributed by atoms with Crippen LogP contribution in [-0.4, -0.2) is 18.6 Å². The molecule has 0 bridgehead atoms. The molecular weight excluding hydrogens is 283 g/mol. The van der Waals surface area contributed by atoms with Gasteiger partial charge >= 0.3 is 0 Å². The summed E-state index contributed by atoms with van der Waals surface area (Å²) in [4.78, 5) is 12.3. The van der Waals surface area contributed by atoms with Gasteiger partial charge in [-0.15, -0.1) is 0 Å². The SMILES string of the molecule is NC[C@H]1CCC[C@H]1C(=O)Nc1ccc(OC2CCC2)c(F)c1. The highest BCUT2D eigenvalue weighted by Crippen LogP contribution is 2.32. The molecule has 0 spiro atoms. The highest BCUT2D eigenvalue weighted by molar-refractivity contribution is 5.93. The molecular formula is C17H23FN2O2. The van der Waals surface area contributed by atoms with Gasteiger partial charge in [0, 0.05) is 17.7 Å². The van der Waals surface area contributed by atoms with Gasteiger partial charge in [-0.05, 0) is 56.7 Å². The van der Waals surface area contributed by atoms with Crippen molar-refractivity contribution in [3.8, 4) is 5.75 Å². The second kappa shape index (κ2) is 6.65. The van der Waals surface area contributed by atoms with Gasteiger partial charge in [0.15, 0.2) is 11.6 Å². The number of amides is 1. The first-order chi connectivity index (χ1) is 10.7. The summed E-state index contributed by atoms with van der Waals surface area (Å²) in [5, 5.41) is 2.81. The molecule has 0 aromatic heterocycles. The summed E-state index contributed by atoms with van der Waals surface area (Å²) >= 11 is 0. The summed E-state index contributed by atoms with van der Waals surface area (Å²) in [5.41, 5.74) is 6.19. The number of nitrogens with two attached hydrogens (primary N) is 1. The monoisotopic (exact) mass is 306 g/mol. The Kier molecular flexibility index (Phi) is 4.62. The van der Waals surface area contributed by atoms with Crippen LogP contribution >= 0.6 is 0 Å². The van der Waals surface area contributed by atoms with Gasteiger partial charge in [-0.3, -0.25) is 4.79 Å². The molecule has 2 atom stereocenters. The van der Waals surface area contributed by atoms with E-state index in [0.29, 0.717) is 12.2 Å². The Morgan fingerprint density at radius 1 is 1.27 bits per heavy atom. The molecule has 2 aliphatic rings. The third kappa shape index (κ3) is 3.24. The van der Waals surface area contributed by atoms with Gasteiger partial charge in [-0.25, -0.2) is 4.39 Å². The number of benzene rings is 1. The van der Waals surface area contributed by atoms with Gasteiger partial charge in [0.05, 0.1) is 6.10 Å². The molecule has 0 aliphatic heterocycles. The molecule has 1 aromatic rings. The van der Waals surface area contributed by atoms with E-state index in [2.05, 4.69) is 5.32 Å². The first kappa shape index (κ1) is 15.3. The van der Waals surface area contributed by atoms with Crippen molar-refractivity contribution in [1.29, 1.82) is 0 Å². The van der Waals surface area contributed by atoms with Crippen LogP contribution in [0.2, 0.25) is 0 Å². The van der Waals surface area contributed by atoms with Crippen molar-refractivity contribution in [2.75, 3.05) is 11.9 Å². The van der Waals surface area contributed by atoms with Crippen molar-refractivity contribution in [1.82, 2.24) is 0 Å². The van der Waals surface area contributed by atoms with Crippen molar-refractivity contribution in [3.63, 3.8) is 0 Å². The number of hydrogen-bond acceptors (Lipinski definition) is 3. The largest absolute Gasteiger partial charge is 0.487 e. The Morgan fingerprint density at radius 3 is 2.68 bits per heavy atom. The quantitative estimate of drug-likeness (QED) is 0.878. The molecule has 120 valence electrons. The lowest BCUT2D eigenvalue weighted by Crippen LogP contribution is -2.29. The van der Waals surface area contributed by atoms with Gasteiger partial charge in [-0.2, -0.15) is 0 Å². The number of halogens is 1. The Balaban J connectivity index is 1.62. The molecule has 2 aliphatic carbocycles. The summed E-state index contributed by atoms with van der Waals surface area (Å²) in [7, 11) is 0. The van der Waals surface area contributed by atoms with Crippen LogP contribution < -0.4 is 15.8 Å². The lowest BCUT2D eigenvalue weighted by molar-refractivity contribution is -0.120. The summed E-state index contributed by atoms with van der Waals surface area (Å²) < 4.78 is 19.6. The third-order valence-corrected chi connectivity index (χ3v) is 4.84. The zero-order valence-electron chi connectivity index (χ0n) is 12.7. The van der Waals surface area contributed by atoms with Gasteiger partial charge in [0.1, 0.15) is 0 Å². The van der Waals surface area contributed by atoms with Crippen LogP contribution in [0.3, 0.4) is 0 Å². The fraction of sp³-hybridized carbons (Fsp3) is 0.588. The zero-order chi connectivity index (χ0) is 15.5. The third-order valence-electron chi connectivity index (χ3n) is 4.84. The van der Waals surface area contributed by atoms with E-state index in [0.717, 1.165) is 38.5 Å². The number of nitrogens with one attached hydrogen (secondary N) is 1. The zero-order valence-corrected chi connectivity index (χ0v) is 12.7. The Bertz CT molecular complexity index is 545. The van der Waals surface area contributed by atoms with E-state index in [1.54, 1.807) is 12.1 Å². The molecule has 5 heteroatoms. The Hall–Kier alpha value is -1.62. The molecule has 0 unspecified atom stereocenters. The van der Waals surface area contributed by atoms with Crippen LogP contribution in [0.25, 0.3) is 0 Å². The predicted molar refractivity (Wildman–Crippen MR) is 83.2 cm³/mol. The average Bonchev–Trinajstić information content (AvgIpc) is 2.93. The molecule has 22 heavy (non-hydrogen) atoms. The number of ether oxygens (including phenoxy) is 1. The van der Waals surface area contributed by atoms with Crippen LogP contribution in [0.1, 0.15) is 38.5 Å². The van der Waals surface area contributed by atoms with Crippen LogP contribution in [-0.2, 0) is 4.79 Å². The molecule has 3 rings (SSSR count). The first-order valence-electron chi connectivity index (χ1n) is 8.14. The average molecular weight is 306 g/mol. The fourth-order valence-corrected chi connectivity index (χ4v) is 3.24. The van der Waals surface area contributed by atoms with Crippen molar-refractivity contribution in [3.05, 3.63) is 24.0 Å². The van der Waals surface area contributed by atoms with Crippen molar-refractivity contribution < 1.29 is 13.9 Å². The first-order valence-corrected chi connectivity index (χ1v) is 8.14. The second-order valence-corrected chi connectivity index (χ2v) is 6.34. The number of rotatable bonds is 5. The van der Waals surface area contributed by atoms with Crippen molar-refractivity contribution >= 4 is 11.6 Å². The molecule has 1 aromatic carbocycles. The summed E-state index contributed by atoms with van der Waals surface area (Å²) in [6.07, 6.45) is 6.14. The molecule has 1 amide bonds. The van der Waals surface area contributed by atoms with E-state index in [1.807, 2.05) is 0 Å². The summed E-state index contributed by atoms with van der Waals surface area (Å²) in [6.45, 7) is 0.528. The minimum absolute atomic E-state index is 0.0555. The van der Waals surface area contributed by atoms with Gasteiger partial charge in [0.25, 0.3) is 0 Å². The van der Waals surface area contributed by atoms with Crippen LogP contribution in [0.5, 0.6) is 5.75 Å². The lowest BCUT2D eigenvalue weighted by atomic mass is 9.95. The van der Waals surface area contributed by atoms with E-state index in [-0.39, 0.29) is 29.6 Å². The molecule has 2 fully saturated rings. The molecule has 4 nitrogen and oxygen atoms in total. The minimum atomic E-state index is -0.425. The van der Waals surface area contributed by atoms with Gasteiger partial charge in [-0.1, -0.05) is 6.42 Å². The topological polar surface area (TPSA) is 64.4 Å². The highest BCUT2D eigenvalue weighted by Gasteiger charge is 2.32. The number of anilines is 1. The molecule has 0 saturated heterocycles. The molecule has 0 radical (unpaired) electrons. The maximum absolute atomic E-state index is 14.0. The standard InChI is InChI=1S/C17H23FN2O2/c18-15-9-12(7-8-16(15)22-13-4-2-5-13)20-17(21)14-6-1-3-11(14)10-19/h7-9,11,13-14H,1-6,10,19H2,(H,20,21)/t11-,14-/m1/s1. The maximum atomic E-state index is 14.0. The number of hydrogen-bond donors (Lipinski definition) is 2. The smallest absolute Gasteiger partial charge is 0.227 e. The summed E-state index contributed by atoms with van der Waals surface area (Å²) in [5.74, 6) is -0.0278. The highest BCUT2D eigenvalue weighted by atomic mass is 19.1. The van der Waals surface area contributed by atoms with Gasteiger partial charge in [0.2, 0.25) is 5.91 Å². The van der Waals surface area contributed by atoms with Crippen LogP contribution in [0.15, 0.2) is 18.2 Å². The molecule has 3 N–H and O–H groups in total. The van der Waals surface area contributed by atoms with Crippen molar-refractivity contribution in [2.45, 2.75) is 44.6 Å². The number of carbonyl (C=O) groups excluding carboxylic acids is 1. The summed E-state index contributed by atoms with van der Waals surface area (Å²) in [6, 6.07) is 4.62. The van der Waals surface area contributed by atoms with E-state index in [1.165, 1.54) is 6.07 Å². The van der Waals surface area contributed by atoms with E-state index in [4.69, 9.17) is 10.5 Å². The van der Waals surface area contributed by atoms with Crippen LogP contribution in [0.4, 0.5) is 10.1 Å². The minimum Gasteiger partial charge on any atom is -0.487 e. The van der Waals surface area contributed by atoms with E-state index < -0.39 is 5.82 Å². The lowest BCUT2D eigenvalue weighted by Gasteiger charge is -2.26. The Labute approximate surface area is 130 Å². The molecule has 2 saturated carbocycles. The Morgan fingerprint density at radius 2 is 2.05 bits per heavy atom. The van der Waals surface area contributed by atoms with E-state index >= 15 is 0 Å². The normalized spacial score (nSPS) is 24.8. The number of carbonyl (C=O) groups is 1. The maximum Gasteiger partial charge on any atom is 0.227 e. The van der Waals surface area contributed by atoms with Crippen LogP contribution in [0, 0.1) is 17.7 Å². The fourth-order valence-electron chi connectivity index (χ4n) is 3.24. The molecule has 0 heterocycles. The van der Waals surface area contributed by atoms with Crippen molar-refractivity contribution in [2.24, 2.45) is 17.6 Å². The van der Waals surface area contributed by atoms with E-state index in [9.17, 15) is 9.18 Å². The predicted octanol–water partition coefficient (Wildman–Crippen LogP) is 3.07. The van der Waals surface area contributed by atoms with Gasteiger partial charge < -0.3 is 15.8 Å².